The molecule has 0 amide bonds. The lowest BCUT2D eigenvalue weighted by atomic mass is 9.82. The maximum Gasteiger partial charge on any atom is 0.0916 e. The maximum atomic E-state index is 11.6. The third kappa shape index (κ3) is 2.75. The third-order valence-electron chi connectivity index (χ3n) is 2.16. The highest BCUT2D eigenvalue weighted by Crippen LogP contribution is 2.28. The van der Waals surface area contributed by atoms with Gasteiger partial charge in [0.25, 0.3) is 0 Å². The van der Waals surface area contributed by atoms with Gasteiger partial charge in [0.15, 0.2) is 0 Å². The number of rotatable bonds is 5. The summed E-state index contributed by atoms with van der Waals surface area (Å²) >= 11 is 0. The Morgan fingerprint density at radius 3 is 2.73 bits per heavy atom. The van der Waals surface area contributed by atoms with Crippen LogP contribution in [-0.2, 0) is 4.74 Å². The van der Waals surface area contributed by atoms with Gasteiger partial charge in [-0.15, -0.1) is 0 Å². The van der Waals surface area contributed by atoms with Crippen molar-refractivity contribution in [3.8, 4) is 0 Å². The summed E-state index contributed by atoms with van der Waals surface area (Å²) < 4.78 is 17.0. The molecule has 2 N–H and O–H groups in total. The number of nitrogens with two attached hydrogens (primary N) is 1. The molecule has 1 fully saturated rings. The van der Waals surface area contributed by atoms with Crippen LogP contribution in [0.15, 0.2) is 0 Å². The highest BCUT2D eigenvalue weighted by atomic mass is 19.1. The Kier molecular flexibility index (Phi) is 3.80. The third-order valence-corrected chi connectivity index (χ3v) is 2.16. The van der Waals surface area contributed by atoms with E-state index >= 15 is 0 Å². The van der Waals surface area contributed by atoms with E-state index in [4.69, 9.17) is 10.5 Å². The van der Waals surface area contributed by atoms with E-state index in [1.807, 2.05) is 0 Å². The van der Waals surface area contributed by atoms with Crippen molar-refractivity contribution in [2.24, 2.45) is 11.7 Å². The minimum atomic E-state index is -0.271. The van der Waals surface area contributed by atoms with Crippen LogP contribution in [0.2, 0.25) is 0 Å². The molecule has 0 aromatic carbocycles. The van der Waals surface area contributed by atoms with E-state index in [0.29, 0.717) is 25.0 Å². The van der Waals surface area contributed by atoms with Crippen molar-refractivity contribution in [3.05, 3.63) is 0 Å². The fraction of sp³-hybridized carbons (Fsp3) is 1.00. The van der Waals surface area contributed by atoms with Gasteiger partial charge in [-0.25, -0.2) is 0 Å². The quantitative estimate of drug-likeness (QED) is 0.613. The lowest BCUT2D eigenvalue weighted by Crippen LogP contribution is -2.36. The molecule has 3 heteroatoms. The molecular formula is C8H16FNO. The number of alkyl halides is 1. The Bertz CT molecular complexity index is 104. The minimum absolute atomic E-state index is 0.271. The fourth-order valence-corrected chi connectivity index (χ4v) is 1.31. The average molecular weight is 161 g/mol. The molecule has 0 spiro atoms. The van der Waals surface area contributed by atoms with Crippen LogP contribution >= 0.6 is 0 Å². The van der Waals surface area contributed by atoms with Crippen molar-refractivity contribution in [3.63, 3.8) is 0 Å². The zero-order valence-electron chi connectivity index (χ0n) is 6.76. The Hall–Kier alpha value is -0.150. The Labute approximate surface area is 66.9 Å². The smallest absolute Gasteiger partial charge is 0.0916 e. The number of hydrogen-bond acceptors (Lipinski definition) is 2. The SMILES string of the molecule is NCC1CC(OCCCF)C1. The topological polar surface area (TPSA) is 35.2 Å². The van der Waals surface area contributed by atoms with E-state index in [1.54, 1.807) is 0 Å². The first-order valence-corrected chi connectivity index (χ1v) is 4.24. The minimum Gasteiger partial charge on any atom is -0.378 e. The van der Waals surface area contributed by atoms with Crippen LogP contribution in [-0.4, -0.2) is 25.9 Å². The summed E-state index contributed by atoms with van der Waals surface area (Å²) in [5.41, 5.74) is 5.44. The molecule has 1 aliphatic rings. The summed E-state index contributed by atoms with van der Waals surface area (Å²) in [5, 5.41) is 0. The second kappa shape index (κ2) is 4.67. The van der Waals surface area contributed by atoms with Crippen LogP contribution in [0.4, 0.5) is 4.39 Å². The second-order valence-electron chi connectivity index (χ2n) is 3.11. The van der Waals surface area contributed by atoms with E-state index in [9.17, 15) is 4.39 Å². The van der Waals surface area contributed by atoms with Crippen LogP contribution in [0.1, 0.15) is 19.3 Å². The van der Waals surface area contributed by atoms with Crippen molar-refractivity contribution in [2.45, 2.75) is 25.4 Å². The van der Waals surface area contributed by atoms with Gasteiger partial charge >= 0.3 is 0 Å². The van der Waals surface area contributed by atoms with Gasteiger partial charge in [-0.2, -0.15) is 0 Å². The zero-order valence-corrected chi connectivity index (χ0v) is 6.76. The molecule has 0 aliphatic heterocycles. The van der Waals surface area contributed by atoms with Crippen molar-refractivity contribution in [1.29, 1.82) is 0 Å². The summed E-state index contributed by atoms with van der Waals surface area (Å²) in [6.07, 6.45) is 3.05. The Balaban J connectivity index is 1.88. The Morgan fingerprint density at radius 1 is 1.45 bits per heavy atom. The van der Waals surface area contributed by atoms with Gasteiger partial charge in [-0.3, -0.25) is 4.39 Å². The molecular weight excluding hydrogens is 145 g/mol. The van der Waals surface area contributed by atoms with Crippen LogP contribution in [0.5, 0.6) is 0 Å². The molecule has 0 bridgehead atoms. The van der Waals surface area contributed by atoms with Gasteiger partial charge in [-0.1, -0.05) is 0 Å². The summed E-state index contributed by atoms with van der Waals surface area (Å²) in [7, 11) is 0. The molecule has 1 rings (SSSR count). The molecule has 0 atom stereocenters. The predicted octanol–water partition coefficient (Wildman–Crippen LogP) is 1.10. The van der Waals surface area contributed by atoms with Crippen LogP contribution in [0.3, 0.4) is 0 Å². The standard InChI is InChI=1S/C8H16FNO/c9-2-1-3-11-8-4-7(5-8)6-10/h7-8H,1-6,10H2. The van der Waals surface area contributed by atoms with Gasteiger partial charge < -0.3 is 10.5 Å². The molecule has 1 saturated carbocycles. The predicted molar refractivity (Wildman–Crippen MR) is 42.1 cm³/mol. The van der Waals surface area contributed by atoms with Crippen LogP contribution in [0, 0.1) is 5.92 Å². The number of ether oxygens (including phenoxy) is 1. The normalized spacial score (nSPS) is 30.0. The molecule has 0 aromatic rings. The summed E-state index contributed by atoms with van der Waals surface area (Å²) in [4.78, 5) is 0. The summed E-state index contributed by atoms with van der Waals surface area (Å²) in [5.74, 6) is 0.658. The van der Waals surface area contributed by atoms with Crippen molar-refractivity contribution < 1.29 is 9.13 Å². The second-order valence-corrected chi connectivity index (χ2v) is 3.11. The highest BCUT2D eigenvalue weighted by molar-refractivity contribution is 4.80. The summed E-state index contributed by atoms with van der Waals surface area (Å²) in [6, 6.07) is 0. The van der Waals surface area contributed by atoms with Gasteiger partial charge in [0.05, 0.1) is 12.8 Å². The van der Waals surface area contributed by atoms with Crippen LogP contribution in [0.25, 0.3) is 0 Å². The largest absolute Gasteiger partial charge is 0.378 e. The van der Waals surface area contributed by atoms with E-state index in [-0.39, 0.29) is 6.67 Å². The molecule has 66 valence electrons. The lowest BCUT2D eigenvalue weighted by Gasteiger charge is -2.34. The van der Waals surface area contributed by atoms with E-state index in [1.165, 1.54) is 0 Å². The van der Waals surface area contributed by atoms with Gasteiger partial charge in [0, 0.05) is 6.61 Å². The molecule has 0 unspecified atom stereocenters. The molecule has 0 saturated heterocycles. The first-order chi connectivity index (χ1) is 5.36. The molecule has 2 nitrogen and oxygen atoms in total. The van der Waals surface area contributed by atoms with Crippen LogP contribution < -0.4 is 5.73 Å². The Morgan fingerprint density at radius 2 is 2.18 bits per heavy atom. The maximum absolute atomic E-state index is 11.6. The number of hydrogen-bond donors (Lipinski definition) is 1. The van der Waals surface area contributed by atoms with E-state index in [0.717, 1.165) is 19.4 Å². The molecule has 0 aromatic heterocycles. The molecule has 0 heterocycles. The summed E-state index contributed by atoms with van der Waals surface area (Å²) in [6.45, 7) is 1.06. The first kappa shape index (κ1) is 8.94. The van der Waals surface area contributed by atoms with Crippen molar-refractivity contribution >= 4 is 0 Å². The number of halogens is 1. The van der Waals surface area contributed by atoms with E-state index in [2.05, 4.69) is 0 Å². The molecule has 0 radical (unpaired) electrons. The highest BCUT2D eigenvalue weighted by Gasteiger charge is 2.28. The molecule has 11 heavy (non-hydrogen) atoms. The van der Waals surface area contributed by atoms with Gasteiger partial charge in [0.1, 0.15) is 0 Å². The van der Waals surface area contributed by atoms with Crippen molar-refractivity contribution in [2.75, 3.05) is 19.8 Å². The van der Waals surface area contributed by atoms with E-state index < -0.39 is 0 Å². The lowest BCUT2D eigenvalue weighted by molar-refractivity contribution is -0.0298. The van der Waals surface area contributed by atoms with Gasteiger partial charge in [-0.05, 0) is 31.7 Å². The monoisotopic (exact) mass is 161 g/mol. The van der Waals surface area contributed by atoms with Crippen molar-refractivity contribution in [1.82, 2.24) is 0 Å². The molecule has 1 aliphatic carbocycles. The van der Waals surface area contributed by atoms with Gasteiger partial charge in [0.2, 0.25) is 0 Å². The average Bonchev–Trinajstić information content (AvgIpc) is 1.94. The first-order valence-electron chi connectivity index (χ1n) is 4.24. The fourth-order valence-electron chi connectivity index (χ4n) is 1.31. The zero-order chi connectivity index (χ0) is 8.10.